The number of likely N-dealkylation sites (N-methyl/N-ethyl adjacent to an activating group) is 1. The number of hydrogen-bond acceptors (Lipinski definition) is 5. The fraction of sp³-hybridized carbons (Fsp3) is 0.185. The van der Waals surface area contributed by atoms with Crippen molar-refractivity contribution in [2.24, 2.45) is 0 Å². The minimum Gasteiger partial charge on any atom is -0.452 e. The Morgan fingerprint density at radius 3 is 2.20 bits per heavy atom. The smallest absolute Gasteiger partial charge is 0.338 e. The molecular weight excluding hydrogens is 451 g/mol. The monoisotopic (exact) mass is 474 g/mol. The second-order valence-electron chi connectivity index (χ2n) is 8.06. The summed E-state index contributed by atoms with van der Waals surface area (Å²) in [4.78, 5) is 52.9. The topological polar surface area (TPSA) is 84.0 Å². The number of rotatable bonds is 8. The van der Waals surface area contributed by atoms with Gasteiger partial charge in [-0.05, 0) is 54.4 Å². The van der Waals surface area contributed by atoms with Crippen LogP contribution in [0.1, 0.15) is 49.1 Å². The minimum atomic E-state index is -0.704. The van der Waals surface area contributed by atoms with Crippen LogP contribution in [0.15, 0.2) is 72.8 Å². The maximum Gasteiger partial charge on any atom is 0.338 e. The van der Waals surface area contributed by atoms with E-state index >= 15 is 0 Å². The lowest BCUT2D eigenvalue weighted by Gasteiger charge is -2.21. The Morgan fingerprint density at radius 2 is 1.54 bits per heavy atom. The molecule has 0 aliphatic carbocycles. The molecule has 0 fully saturated rings. The molecule has 1 heterocycles. The summed E-state index contributed by atoms with van der Waals surface area (Å²) in [5.41, 5.74) is 2.10. The van der Waals surface area contributed by atoms with Gasteiger partial charge in [-0.1, -0.05) is 36.4 Å². The molecule has 1 aliphatic heterocycles. The van der Waals surface area contributed by atoms with Gasteiger partial charge in [0, 0.05) is 13.1 Å². The van der Waals surface area contributed by atoms with Gasteiger partial charge >= 0.3 is 5.97 Å². The SMILES string of the molecule is CCN(Cc1cccc(F)c1)C(=O)COC(=O)c1cccc(CN2C(=O)c3ccccc3C2=O)c1. The van der Waals surface area contributed by atoms with Crippen LogP contribution in [0.4, 0.5) is 4.39 Å². The molecular formula is C27H23FN2O5. The highest BCUT2D eigenvalue weighted by atomic mass is 19.1. The van der Waals surface area contributed by atoms with Crippen molar-refractivity contribution in [1.29, 1.82) is 0 Å². The minimum absolute atomic E-state index is 0.00362. The van der Waals surface area contributed by atoms with E-state index in [1.54, 1.807) is 55.5 Å². The van der Waals surface area contributed by atoms with Gasteiger partial charge in [-0.25, -0.2) is 9.18 Å². The standard InChI is InChI=1S/C27H23FN2O5/c1-2-29(15-19-8-6-10-21(28)14-19)24(31)17-35-27(34)20-9-5-7-18(13-20)16-30-25(32)22-11-3-4-12-23(22)26(30)33/h3-14H,2,15-17H2,1H3. The normalized spacial score (nSPS) is 12.5. The largest absolute Gasteiger partial charge is 0.452 e. The van der Waals surface area contributed by atoms with Crippen LogP contribution in [0, 0.1) is 5.82 Å². The molecule has 0 saturated heterocycles. The van der Waals surface area contributed by atoms with E-state index in [0.29, 0.717) is 28.8 Å². The lowest BCUT2D eigenvalue weighted by Crippen LogP contribution is -2.34. The number of carbonyl (C=O) groups excluding carboxylic acids is 4. The Hall–Kier alpha value is -4.33. The van der Waals surface area contributed by atoms with Crippen molar-refractivity contribution < 1.29 is 28.3 Å². The van der Waals surface area contributed by atoms with Crippen LogP contribution >= 0.6 is 0 Å². The summed E-state index contributed by atoms with van der Waals surface area (Å²) in [6, 6.07) is 18.9. The molecule has 0 spiro atoms. The van der Waals surface area contributed by atoms with Crippen LogP contribution in [-0.4, -0.2) is 46.6 Å². The fourth-order valence-electron chi connectivity index (χ4n) is 3.90. The van der Waals surface area contributed by atoms with Crippen molar-refractivity contribution in [2.75, 3.05) is 13.2 Å². The highest BCUT2D eigenvalue weighted by Crippen LogP contribution is 2.24. The molecule has 178 valence electrons. The molecule has 3 amide bonds. The first kappa shape index (κ1) is 23.8. The van der Waals surface area contributed by atoms with Gasteiger partial charge in [-0.3, -0.25) is 19.3 Å². The molecule has 3 aromatic rings. The van der Waals surface area contributed by atoms with E-state index in [-0.39, 0.29) is 30.5 Å². The van der Waals surface area contributed by atoms with Crippen molar-refractivity contribution in [3.8, 4) is 0 Å². The number of carbonyl (C=O) groups is 4. The number of hydrogen-bond donors (Lipinski definition) is 0. The highest BCUT2D eigenvalue weighted by Gasteiger charge is 2.35. The quantitative estimate of drug-likeness (QED) is 0.366. The van der Waals surface area contributed by atoms with Crippen molar-refractivity contribution >= 4 is 23.7 Å². The van der Waals surface area contributed by atoms with E-state index in [1.807, 2.05) is 0 Å². The van der Waals surface area contributed by atoms with Gasteiger partial charge in [0.05, 0.1) is 23.2 Å². The van der Waals surface area contributed by atoms with Gasteiger partial charge < -0.3 is 9.64 Å². The first-order valence-electron chi connectivity index (χ1n) is 11.1. The summed E-state index contributed by atoms with van der Waals surface area (Å²) in [5.74, 6) is -2.28. The average molecular weight is 474 g/mol. The molecule has 0 saturated carbocycles. The molecule has 0 atom stereocenters. The number of halogens is 1. The highest BCUT2D eigenvalue weighted by molar-refractivity contribution is 6.21. The molecule has 8 heteroatoms. The molecule has 35 heavy (non-hydrogen) atoms. The second kappa shape index (κ2) is 10.3. The van der Waals surface area contributed by atoms with Crippen LogP contribution < -0.4 is 0 Å². The molecule has 0 N–H and O–H groups in total. The summed E-state index contributed by atoms with van der Waals surface area (Å²) in [6.07, 6.45) is 0. The first-order chi connectivity index (χ1) is 16.9. The van der Waals surface area contributed by atoms with Crippen LogP contribution in [0.2, 0.25) is 0 Å². The Labute approximate surface area is 201 Å². The van der Waals surface area contributed by atoms with Gasteiger partial charge in [-0.15, -0.1) is 0 Å². The fourth-order valence-corrected chi connectivity index (χ4v) is 3.90. The Kier molecular flexibility index (Phi) is 7.01. The zero-order chi connectivity index (χ0) is 24.9. The second-order valence-corrected chi connectivity index (χ2v) is 8.06. The number of amides is 3. The Morgan fingerprint density at radius 1 is 0.886 bits per heavy atom. The van der Waals surface area contributed by atoms with Crippen LogP contribution in [0.3, 0.4) is 0 Å². The maximum absolute atomic E-state index is 13.4. The van der Waals surface area contributed by atoms with E-state index in [9.17, 15) is 23.6 Å². The third kappa shape index (κ3) is 5.27. The number of fused-ring (bicyclic) bond motifs is 1. The predicted molar refractivity (Wildman–Crippen MR) is 125 cm³/mol. The molecule has 0 aromatic heterocycles. The molecule has 1 aliphatic rings. The van der Waals surface area contributed by atoms with E-state index < -0.39 is 24.3 Å². The van der Waals surface area contributed by atoms with Crippen LogP contribution in [0.5, 0.6) is 0 Å². The molecule has 0 radical (unpaired) electrons. The van der Waals surface area contributed by atoms with Gasteiger partial charge in [0.2, 0.25) is 0 Å². The maximum atomic E-state index is 13.4. The molecule has 0 unspecified atom stereocenters. The Bertz CT molecular complexity index is 1270. The van der Waals surface area contributed by atoms with Gasteiger partial charge in [0.1, 0.15) is 5.82 Å². The molecule has 4 rings (SSSR count). The third-order valence-electron chi connectivity index (χ3n) is 5.71. The van der Waals surface area contributed by atoms with E-state index in [4.69, 9.17) is 4.74 Å². The molecule has 0 bridgehead atoms. The summed E-state index contributed by atoms with van der Waals surface area (Å²) in [5, 5.41) is 0. The zero-order valence-electron chi connectivity index (χ0n) is 19.1. The summed E-state index contributed by atoms with van der Waals surface area (Å²) in [6.45, 7) is 1.87. The van der Waals surface area contributed by atoms with Crippen molar-refractivity contribution in [3.05, 3.63) is 106 Å². The van der Waals surface area contributed by atoms with Crippen LogP contribution in [0.25, 0.3) is 0 Å². The summed E-state index contributed by atoms with van der Waals surface area (Å²) < 4.78 is 18.6. The van der Waals surface area contributed by atoms with Gasteiger partial charge in [0.15, 0.2) is 6.61 Å². The summed E-state index contributed by atoms with van der Waals surface area (Å²) in [7, 11) is 0. The first-order valence-corrected chi connectivity index (χ1v) is 11.1. The lowest BCUT2D eigenvalue weighted by molar-refractivity contribution is -0.134. The summed E-state index contributed by atoms with van der Waals surface area (Å²) >= 11 is 0. The van der Waals surface area contributed by atoms with Crippen molar-refractivity contribution in [3.63, 3.8) is 0 Å². The third-order valence-corrected chi connectivity index (χ3v) is 5.71. The lowest BCUT2D eigenvalue weighted by atomic mass is 10.1. The van der Waals surface area contributed by atoms with Crippen molar-refractivity contribution in [2.45, 2.75) is 20.0 Å². The number of imide groups is 1. The Balaban J connectivity index is 1.37. The number of esters is 1. The predicted octanol–water partition coefficient (Wildman–Crippen LogP) is 3.83. The number of ether oxygens (including phenoxy) is 1. The van der Waals surface area contributed by atoms with Crippen LogP contribution in [-0.2, 0) is 22.6 Å². The van der Waals surface area contributed by atoms with E-state index in [1.165, 1.54) is 29.2 Å². The molecule has 7 nitrogen and oxygen atoms in total. The zero-order valence-corrected chi connectivity index (χ0v) is 19.1. The number of nitrogens with zero attached hydrogens (tertiary/aromatic N) is 2. The van der Waals surface area contributed by atoms with E-state index in [2.05, 4.69) is 0 Å². The number of benzene rings is 3. The van der Waals surface area contributed by atoms with E-state index in [0.717, 1.165) is 4.90 Å². The van der Waals surface area contributed by atoms with Gasteiger partial charge in [0.25, 0.3) is 17.7 Å². The average Bonchev–Trinajstić information content (AvgIpc) is 3.11. The van der Waals surface area contributed by atoms with Gasteiger partial charge in [-0.2, -0.15) is 0 Å². The van der Waals surface area contributed by atoms with Crippen molar-refractivity contribution in [1.82, 2.24) is 9.80 Å². The molecule has 3 aromatic carbocycles.